The van der Waals surface area contributed by atoms with Crippen LogP contribution in [0, 0.1) is 0 Å². The maximum absolute atomic E-state index is 5.25. The van der Waals surface area contributed by atoms with Gasteiger partial charge in [0.05, 0.1) is 11.5 Å². The van der Waals surface area contributed by atoms with Gasteiger partial charge < -0.3 is 10.1 Å². The van der Waals surface area contributed by atoms with Gasteiger partial charge >= 0.3 is 0 Å². The Labute approximate surface area is 76.8 Å². The maximum atomic E-state index is 5.25. The molecule has 0 unspecified atom stereocenters. The molecule has 1 aromatic rings. The van der Waals surface area contributed by atoms with Crippen LogP contribution >= 0.6 is 11.3 Å². The van der Waals surface area contributed by atoms with Crippen LogP contribution < -0.4 is 5.32 Å². The van der Waals surface area contributed by atoms with Crippen LogP contribution in [0.4, 0.5) is 5.13 Å². The zero-order valence-corrected chi connectivity index (χ0v) is 8.28. The van der Waals surface area contributed by atoms with Gasteiger partial charge in [0.2, 0.25) is 0 Å². The second kappa shape index (κ2) is 5.11. The Bertz CT molecular complexity index is 225. The lowest BCUT2D eigenvalue weighted by molar-refractivity contribution is 0.136. The molecule has 0 spiro atoms. The molecule has 0 aromatic carbocycles. The van der Waals surface area contributed by atoms with Crippen LogP contribution in [0.1, 0.15) is 18.7 Å². The number of thiazole rings is 1. The van der Waals surface area contributed by atoms with E-state index < -0.39 is 0 Å². The Morgan fingerprint density at radius 1 is 1.58 bits per heavy atom. The molecule has 1 rings (SSSR count). The zero-order chi connectivity index (χ0) is 8.81. The van der Waals surface area contributed by atoms with Gasteiger partial charge in [-0.2, -0.15) is 0 Å². The molecule has 0 amide bonds. The van der Waals surface area contributed by atoms with Crippen LogP contribution in [0.15, 0.2) is 6.20 Å². The van der Waals surface area contributed by atoms with Crippen LogP contribution in [0.3, 0.4) is 0 Å². The topological polar surface area (TPSA) is 34.2 Å². The molecule has 0 bridgehead atoms. The molecular formula is C8H14N2OS. The van der Waals surface area contributed by atoms with Crippen LogP contribution in [0.2, 0.25) is 0 Å². The number of hydrogen-bond donors (Lipinski definition) is 1. The van der Waals surface area contributed by atoms with Crippen LogP contribution in [-0.4, -0.2) is 18.1 Å². The van der Waals surface area contributed by atoms with Gasteiger partial charge in [0.15, 0.2) is 5.13 Å². The highest BCUT2D eigenvalue weighted by Crippen LogP contribution is 2.18. The van der Waals surface area contributed by atoms with E-state index in [-0.39, 0.29) is 0 Å². The van der Waals surface area contributed by atoms with Gasteiger partial charge in [-0.15, -0.1) is 0 Å². The van der Waals surface area contributed by atoms with Gasteiger partial charge in [0.25, 0.3) is 0 Å². The average Bonchev–Trinajstić information content (AvgIpc) is 2.50. The van der Waals surface area contributed by atoms with Crippen molar-refractivity contribution in [2.24, 2.45) is 0 Å². The Kier molecular flexibility index (Phi) is 4.04. The molecule has 0 saturated carbocycles. The van der Waals surface area contributed by atoms with Crippen molar-refractivity contribution in [3.8, 4) is 0 Å². The predicted octanol–water partition coefficient (Wildman–Crippen LogP) is 2.11. The molecule has 0 aliphatic heterocycles. The summed E-state index contributed by atoms with van der Waals surface area (Å²) >= 11 is 1.65. The molecule has 12 heavy (non-hydrogen) atoms. The third-order valence-corrected chi connectivity index (χ3v) is 2.26. The van der Waals surface area contributed by atoms with Crippen LogP contribution in [0.5, 0.6) is 0 Å². The van der Waals surface area contributed by atoms with E-state index in [0.717, 1.165) is 18.3 Å². The van der Waals surface area contributed by atoms with E-state index in [4.69, 9.17) is 4.74 Å². The van der Waals surface area contributed by atoms with Crippen molar-refractivity contribution in [2.75, 3.05) is 18.5 Å². The highest BCUT2D eigenvalue weighted by atomic mass is 32.1. The van der Waals surface area contributed by atoms with E-state index in [0.29, 0.717) is 6.61 Å². The number of nitrogens with zero attached hydrogens (tertiary/aromatic N) is 1. The average molecular weight is 186 g/mol. The van der Waals surface area contributed by atoms with Crippen LogP contribution in [0.25, 0.3) is 0 Å². The second-order valence-electron chi connectivity index (χ2n) is 2.30. The van der Waals surface area contributed by atoms with E-state index in [1.807, 2.05) is 13.1 Å². The van der Waals surface area contributed by atoms with Gasteiger partial charge in [-0.3, -0.25) is 0 Å². The largest absolute Gasteiger partial charge is 0.376 e. The van der Waals surface area contributed by atoms with Gasteiger partial charge in [-0.1, -0.05) is 11.3 Å². The van der Waals surface area contributed by atoms with Crippen LogP contribution in [-0.2, 0) is 11.3 Å². The first-order valence-corrected chi connectivity index (χ1v) is 4.94. The lowest BCUT2D eigenvalue weighted by Gasteiger charge is -1.95. The zero-order valence-electron chi connectivity index (χ0n) is 7.46. The molecule has 0 aliphatic rings. The SMILES string of the molecule is CCNc1ncc(COCC)s1. The normalized spacial score (nSPS) is 10.2. The summed E-state index contributed by atoms with van der Waals surface area (Å²) in [6.45, 7) is 6.41. The fraction of sp³-hybridized carbons (Fsp3) is 0.625. The lowest BCUT2D eigenvalue weighted by Crippen LogP contribution is -1.94. The monoisotopic (exact) mass is 186 g/mol. The number of rotatable bonds is 5. The Balaban J connectivity index is 2.41. The fourth-order valence-electron chi connectivity index (χ4n) is 0.810. The molecule has 0 fully saturated rings. The molecule has 3 nitrogen and oxygen atoms in total. The first kappa shape index (κ1) is 9.48. The molecule has 68 valence electrons. The van der Waals surface area contributed by atoms with Gasteiger partial charge in [0, 0.05) is 19.3 Å². The van der Waals surface area contributed by atoms with Gasteiger partial charge in [0.1, 0.15) is 0 Å². The molecule has 1 N–H and O–H groups in total. The van der Waals surface area contributed by atoms with Gasteiger partial charge in [-0.25, -0.2) is 4.98 Å². The van der Waals surface area contributed by atoms with E-state index in [1.165, 1.54) is 4.88 Å². The second-order valence-corrected chi connectivity index (χ2v) is 3.41. The van der Waals surface area contributed by atoms with Crippen molar-refractivity contribution >= 4 is 16.5 Å². The summed E-state index contributed by atoms with van der Waals surface area (Å²) in [5.74, 6) is 0. The summed E-state index contributed by atoms with van der Waals surface area (Å²) in [4.78, 5) is 5.36. The molecule has 0 saturated heterocycles. The summed E-state index contributed by atoms with van der Waals surface area (Å²) in [6.07, 6.45) is 1.86. The van der Waals surface area contributed by atoms with E-state index in [2.05, 4.69) is 17.2 Å². The van der Waals surface area contributed by atoms with Crippen molar-refractivity contribution in [2.45, 2.75) is 20.5 Å². The third-order valence-electron chi connectivity index (χ3n) is 1.33. The number of anilines is 1. The minimum absolute atomic E-state index is 0.680. The minimum Gasteiger partial charge on any atom is -0.376 e. The highest BCUT2D eigenvalue weighted by Gasteiger charge is 1.99. The Morgan fingerprint density at radius 2 is 2.42 bits per heavy atom. The molecule has 0 radical (unpaired) electrons. The van der Waals surface area contributed by atoms with Crippen molar-refractivity contribution in [3.63, 3.8) is 0 Å². The maximum Gasteiger partial charge on any atom is 0.182 e. The lowest BCUT2D eigenvalue weighted by atomic mass is 10.6. The van der Waals surface area contributed by atoms with E-state index >= 15 is 0 Å². The van der Waals surface area contributed by atoms with Crippen molar-refractivity contribution < 1.29 is 4.74 Å². The first-order chi connectivity index (χ1) is 5.86. The number of aromatic nitrogens is 1. The van der Waals surface area contributed by atoms with Crippen molar-refractivity contribution in [1.82, 2.24) is 4.98 Å². The molecule has 1 heterocycles. The van der Waals surface area contributed by atoms with E-state index in [1.54, 1.807) is 11.3 Å². The Hall–Kier alpha value is -0.610. The molecule has 4 heteroatoms. The van der Waals surface area contributed by atoms with Crippen molar-refractivity contribution in [1.29, 1.82) is 0 Å². The summed E-state index contributed by atoms with van der Waals surface area (Å²) in [7, 11) is 0. The number of hydrogen-bond acceptors (Lipinski definition) is 4. The summed E-state index contributed by atoms with van der Waals surface area (Å²) in [6, 6.07) is 0. The third kappa shape index (κ3) is 2.79. The van der Waals surface area contributed by atoms with Gasteiger partial charge in [-0.05, 0) is 13.8 Å². The molecule has 0 atom stereocenters. The molecule has 0 aliphatic carbocycles. The quantitative estimate of drug-likeness (QED) is 0.764. The molecule has 1 aromatic heterocycles. The van der Waals surface area contributed by atoms with Crippen molar-refractivity contribution in [3.05, 3.63) is 11.1 Å². The summed E-state index contributed by atoms with van der Waals surface area (Å²) in [5.41, 5.74) is 0. The minimum atomic E-state index is 0.680. The smallest absolute Gasteiger partial charge is 0.182 e. The standard InChI is InChI=1S/C8H14N2OS/c1-3-9-8-10-5-7(12-8)6-11-4-2/h5H,3-4,6H2,1-2H3,(H,9,10). The first-order valence-electron chi connectivity index (χ1n) is 4.13. The fourth-order valence-corrected chi connectivity index (χ4v) is 1.63. The Morgan fingerprint density at radius 3 is 3.08 bits per heavy atom. The van der Waals surface area contributed by atoms with E-state index in [9.17, 15) is 0 Å². The predicted molar refractivity (Wildman–Crippen MR) is 51.6 cm³/mol. The highest BCUT2D eigenvalue weighted by molar-refractivity contribution is 7.15. The molecular weight excluding hydrogens is 172 g/mol. The summed E-state index contributed by atoms with van der Waals surface area (Å²) in [5, 5.41) is 4.14. The number of ether oxygens (including phenoxy) is 1. The summed E-state index contributed by atoms with van der Waals surface area (Å²) < 4.78 is 5.25. The number of nitrogens with one attached hydrogen (secondary N) is 1.